The van der Waals surface area contributed by atoms with Gasteiger partial charge in [0.2, 0.25) is 17.7 Å². The van der Waals surface area contributed by atoms with Crippen molar-refractivity contribution < 1.29 is 13.9 Å². The maximum Gasteiger partial charge on any atom is 0.226 e. The summed E-state index contributed by atoms with van der Waals surface area (Å²) in [6.07, 6.45) is 1.71. The molecule has 1 aromatic rings. The van der Waals surface area contributed by atoms with Crippen LogP contribution in [0.15, 0.2) is 18.2 Å². The van der Waals surface area contributed by atoms with Gasteiger partial charge in [-0.25, -0.2) is 0 Å². The molecule has 3 unspecified atom stereocenters. The number of likely N-dealkylation sites (tertiary alicyclic amines) is 1. The van der Waals surface area contributed by atoms with Crippen molar-refractivity contribution in [1.82, 2.24) is 9.88 Å². The maximum absolute atomic E-state index is 12.9. The van der Waals surface area contributed by atoms with E-state index in [1.807, 2.05) is 4.90 Å². The summed E-state index contributed by atoms with van der Waals surface area (Å²) in [5, 5.41) is 0. The highest BCUT2D eigenvalue weighted by molar-refractivity contribution is 5.81. The number of hydrogen-bond acceptors (Lipinski definition) is 3. The molecule has 0 aromatic carbocycles. The highest BCUT2D eigenvalue weighted by Crippen LogP contribution is 2.39. The number of rotatable bonds is 3. The third kappa shape index (κ3) is 2.69. The van der Waals surface area contributed by atoms with Crippen LogP contribution in [0.4, 0.5) is 4.39 Å². The highest BCUT2D eigenvalue weighted by Gasteiger charge is 2.43. The number of pyridine rings is 1. The maximum atomic E-state index is 12.9. The van der Waals surface area contributed by atoms with Crippen LogP contribution in [-0.2, 0) is 4.79 Å². The van der Waals surface area contributed by atoms with E-state index in [4.69, 9.17) is 4.74 Å². The number of ether oxygens (including phenoxy) is 1. The predicted molar refractivity (Wildman–Crippen MR) is 67.1 cm³/mol. The lowest BCUT2D eigenvalue weighted by atomic mass is 10.3. The SMILES string of the molecule is CC1CC1C(=O)N1CCC(Oc2cccc(F)n2)C1. The Hall–Kier alpha value is -1.65. The Kier molecular flexibility index (Phi) is 3.12. The Morgan fingerprint density at radius 3 is 3.00 bits per heavy atom. The molecule has 19 heavy (non-hydrogen) atoms. The number of carbonyl (C=O) groups is 1. The average Bonchev–Trinajstić information content (AvgIpc) is 2.92. The molecular weight excluding hydrogens is 247 g/mol. The summed E-state index contributed by atoms with van der Waals surface area (Å²) in [5.41, 5.74) is 0. The first kappa shape index (κ1) is 12.4. The van der Waals surface area contributed by atoms with Crippen LogP contribution in [0.25, 0.3) is 0 Å². The minimum atomic E-state index is -0.546. The van der Waals surface area contributed by atoms with Gasteiger partial charge in [0.1, 0.15) is 6.10 Å². The van der Waals surface area contributed by atoms with Gasteiger partial charge in [-0.15, -0.1) is 0 Å². The smallest absolute Gasteiger partial charge is 0.226 e. The lowest BCUT2D eigenvalue weighted by Crippen LogP contribution is -2.32. The first-order valence-electron chi connectivity index (χ1n) is 6.71. The summed E-state index contributed by atoms with van der Waals surface area (Å²) < 4.78 is 18.6. The van der Waals surface area contributed by atoms with E-state index in [9.17, 15) is 9.18 Å². The molecule has 2 heterocycles. The molecule has 1 aliphatic heterocycles. The van der Waals surface area contributed by atoms with Crippen LogP contribution in [0.3, 0.4) is 0 Å². The number of nitrogens with zero attached hydrogens (tertiary/aromatic N) is 2. The number of carbonyl (C=O) groups excluding carboxylic acids is 1. The average molecular weight is 264 g/mol. The molecule has 2 aliphatic rings. The van der Waals surface area contributed by atoms with Gasteiger partial charge in [0, 0.05) is 24.9 Å². The Bertz CT molecular complexity index is 494. The highest BCUT2D eigenvalue weighted by atomic mass is 19.1. The largest absolute Gasteiger partial charge is 0.472 e. The normalized spacial score (nSPS) is 29.4. The first-order chi connectivity index (χ1) is 9.13. The molecule has 0 N–H and O–H groups in total. The Morgan fingerprint density at radius 2 is 2.32 bits per heavy atom. The standard InChI is InChI=1S/C14H17FN2O2/c1-9-7-11(9)14(18)17-6-5-10(8-17)19-13-4-2-3-12(15)16-13/h2-4,9-11H,5-8H2,1H3. The third-order valence-corrected chi connectivity index (χ3v) is 3.86. The minimum absolute atomic E-state index is 0.0766. The monoisotopic (exact) mass is 264 g/mol. The van der Waals surface area contributed by atoms with E-state index in [2.05, 4.69) is 11.9 Å². The van der Waals surface area contributed by atoms with Crippen LogP contribution in [0, 0.1) is 17.8 Å². The van der Waals surface area contributed by atoms with Gasteiger partial charge >= 0.3 is 0 Å². The molecule has 1 saturated heterocycles. The van der Waals surface area contributed by atoms with E-state index in [1.165, 1.54) is 6.07 Å². The van der Waals surface area contributed by atoms with Crippen molar-refractivity contribution in [3.63, 3.8) is 0 Å². The first-order valence-corrected chi connectivity index (χ1v) is 6.71. The lowest BCUT2D eigenvalue weighted by Gasteiger charge is -2.16. The fraction of sp³-hybridized carbons (Fsp3) is 0.571. The van der Waals surface area contributed by atoms with E-state index in [0.717, 1.165) is 19.4 Å². The van der Waals surface area contributed by atoms with Crippen molar-refractivity contribution in [1.29, 1.82) is 0 Å². The minimum Gasteiger partial charge on any atom is -0.472 e. The Balaban J connectivity index is 1.56. The molecule has 3 atom stereocenters. The molecular formula is C14H17FN2O2. The summed E-state index contributed by atoms with van der Waals surface area (Å²) in [5.74, 6) is 0.725. The van der Waals surface area contributed by atoms with Crippen LogP contribution < -0.4 is 4.74 Å². The Labute approximate surface area is 111 Å². The quantitative estimate of drug-likeness (QED) is 0.783. The van der Waals surface area contributed by atoms with E-state index in [1.54, 1.807) is 12.1 Å². The van der Waals surface area contributed by atoms with Crippen molar-refractivity contribution in [3.8, 4) is 5.88 Å². The van der Waals surface area contributed by atoms with E-state index in [-0.39, 0.29) is 17.9 Å². The van der Waals surface area contributed by atoms with Gasteiger partial charge in [-0.05, 0) is 18.4 Å². The molecule has 0 spiro atoms. The van der Waals surface area contributed by atoms with Crippen LogP contribution in [0.5, 0.6) is 5.88 Å². The fourth-order valence-electron chi connectivity index (χ4n) is 2.55. The third-order valence-electron chi connectivity index (χ3n) is 3.86. The number of halogens is 1. The van der Waals surface area contributed by atoms with Crippen LogP contribution in [0.2, 0.25) is 0 Å². The molecule has 3 rings (SSSR count). The van der Waals surface area contributed by atoms with E-state index >= 15 is 0 Å². The van der Waals surface area contributed by atoms with Gasteiger partial charge in [0.25, 0.3) is 0 Å². The van der Waals surface area contributed by atoms with Gasteiger partial charge < -0.3 is 9.64 Å². The molecule has 1 aliphatic carbocycles. The van der Waals surface area contributed by atoms with Crippen LogP contribution in [0.1, 0.15) is 19.8 Å². The van der Waals surface area contributed by atoms with Crippen molar-refractivity contribution in [2.45, 2.75) is 25.9 Å². The molecule has 0 bridgehead atoms. The van der Waals surface area contributed by atoms with Gasteiger partial charge in [-0.1, -0.05) is 13.0 Å². The lowest BCUT2D eigenvalue weighted by molar-refractivity contribution is -0.132. The van der Waals surface area contributed by atoms with Crippen molar-refractivity contribution >= 4 is 5.91 Å². The van der Waals surface area contributed by atoms with Gasteiger partial charge in [-0.3, -0.25) is 4.79 Å². The summed E-state index contributed by atoms with van der Waals surface area (Å²) in [4.78, 5) is 17.6. The Morgan fingerprint density at radius 1 is 1.53 bits per heavy atom. The zero-order valence-electron chi connectivity index (χ0n) is 10.9. The van der Waals surface area contributed by atoms with Crippen molar-refractivity contribution in [2.24, 2.45) is 11.8 Å². The summed E-state index contributed by atoms with van der Waals surface area (Å²) in [6.45, 7) is 3.41. The summed E-state index contributed by atoms with van der Waals surface area (Å²) in [7, 11) is 0. The van der Waals surface area contributed by atoms with Crippen molar-refractivity contribution in [3.05, 3.63) is 24.1 Å². The molecule has 1 amide bonds. The topological polar surface area (TPSA) is 42.4 Å². The molecule has 2 fully saturated rings. The molecule has 102 valence electrons. The van der Waals surface area contributed by atoms with E-state index < -0.39 is 5.95 Å². The zero-order chi connectivity index (χ0) is 13.4. The fourth-order valence-corrected chi connectivity index (χ4v) is 2.55. The van der Waals surface area contributed by atoms with Gasteiger partial charge in [0.15, 0.2) is 0 Å². The number of hydrogen-bond donors (Lipinski definition) is 0. The van der Waals surface area contributed by atoms with Crippen molar-refractivity contribution in [2.75, 3.05) is 13.1 Å². The molecule has 1 aromatic heterocycles. The predicted octanol–water partition coefficient (Wildman–Crippen LogP) is 1.86. The van der Waals surface area contributed by atoms with Crippen LogP contribution in [-0.4, -0.2) is 35.0 Å². The second-order valence-electron chi connectivity index (χ2n) is 5.43. The molecule has 4 nitrogen and oxygen atoms in total. The second kappa shape index (κ2) is 4.79. The molecule has 5 heteroatoms. The zero-order valence-corrected chi connectivity index (χ0v) is 10.9. The molecule has 0 radical (unpaired) electrons. The van der Waals surface area contributed by atoms with Crippen LogP contribution >= 0.6 is 0 Å². The van der Waals surface area contributed by atoms with E-state index in [0.29, 0.717) is 18.3 Å². The summed E-state index contributed by atoms with van der Waals surface area (Å²) >= 11 is 0. The van der Waals surface area contributed by atoms with Gasteiger partial charge in [-0.2, -0.15) is 9.37 Å². The number of aromatic nitrogens is 1. The van der Waals surface area contributed by atoms with Gasteiger partial charge in [0.05, 0.1) is 6.54 Å². The molecule has 1 saturated carbocycles. The second-order valence-corrected chi connectivity index (χ2v) is 5.43. The summed E-state index contributed by atoms with van der Waals surface area (Å²) in [6, 6.07) is 4.49. The number of amides is 1.